The van der Waals surface area contributed by atoms with E-state index in [4.69, 9.17) is 11.6 Å². The van der Waals surface area contributed by atoms with E-state index >= 15 is 0 Å². The van der Waals surface area contributed by atoms with E-state index in [2.05, 4.69) is 32.0 Å². The lowest BCUT2D eigenvalue weighted by Gasteiger charge is -2.10. The summed E-state index contributed by atoms with van der Waals surface area (Å²) < 4.78 is 2.10. The van der Waals surface area contributed by atoms with Crippen LogP contribution in [0.2, 0.25) is 5.02 Å². The molecule has 28 heavy (non-hydrogen) atoms. The van der Waals surface area contributed by atoms with E-state index in [0.29, 0.717) is 29.1 Å². The second kappa shape index (κ2) is 8.23. The highest BCUT2D eigenvalue weighted by atomic mass is 35.5. The molecule has 5 nitrogen and oxygen atoms in total. The van der Waals surface area contributed by atoms with E-state index in [-0.39, 0.29) is 5.91 Å². The Balaban J connectivity index is 1.42. The van der Waals surface area contributed by atoms with E-state index in [1.165, 1.54) is 5.56 Å². The SMILES string of the molecule is O=C(NCCc1nccn1Cc1ccccc1)c1ccc(Cl)c2cccnc12. The first-order valence-corrected chi connectivity index (χ1v) is 9.45. The molecule has 0 fully saturated rings. The first kappa shape index (κ1) is 18.2. The fourth-order valence-electron chi connectivity index (χ4n) is 3.20. The summed E-state index contributed by atoms with van der Waals surface area (Å²) in [6.07, 6.45) is 6.05. The summed E-state index contributed by atoms with van der Waals surface area (Å²) in [6, 6.07) is 17.3. The fraction of sp³-hybridized carbons (Fsp3) is 0.136. The number of pyridine rings is 1. The molecule has 0 aliphatic heterocycles. The maximum absolute atomic E-state index is 12.7. The van der Waals surface area contributed by atoms with Crippen LogP contribution < -0.4 is 5.32 Å². The molecule has 2 aromatic carbocycles. The summed E-state index contributed by atoms with van der Waals surface area (Å²) in [5, 5.41) is 4.32. The number of aromatic nitrogens is 3. The van der Waals surface area contributed by atoms with Gasteiger partial charge in [0.1, 0.15) is 5.82 Å². The smallest absolute Gasteiger partial charge is 0.253 e. The van der Waals surface area contributed by atoms with Gasteiger partial charge in [-0.2, -0.15) is 0 Å². The molecule has 2 aromatic heterocycles. The molecule has 0 aliphatic rings. The number of carbonyl (C=O) groups is 1. The Morgan fingerprint density at radius 2 is 1.86 bits per heavy atom. The number of amides is 1. The molecule has 0 saturated heterocycles. The highest BCUT2D eigenvalue weighted by Crippen LogP contribution is 2.24. The molecule has 0 atom stereocenters. The molecule has 0 bridgehead atoms. The lowest BCUT2D eigenvalue weighted by atomic mass is 10.1. The summed E-state index contributed by atoms with van der Waals surface area (Å²) in [5.74, 6) is 0.768. The third-order valence-electron chi connectivity index (χ3n) is 4.59. The summed E-state index contributed by atoms with van der Waals surface area (Å²) in [5.41, 5.74) is 2.34. The van der Waals surface area contributed by atoms with E-state index in [1.807, 2.05) is 36.5 Å². The molecule has 4 rings (SSSR count). The topological polar surface area (TPSA) is 59.8 Å². The highest BCUT2D eigenvalue weighted by Gasteiger charge is 2.13. The Morgan fingerprint density at radius 3 is 2.71 bits per heavy atom. The van der Waals surface area contributed by atoms with Crippen molar-refractivity contribution in [3.05, 3.63) is 95.2 Å². The van der Waals surface area contributed by atoms with Crippen LogP contribution in [0.1, 0.15) is 21.7 Å². The van der Waals surface area contributed by atoms with Crippen molar-refractivity contribution >= 4 is 28.4 Å². The van der Waals surface area contributed by atoms with E-state index in [0.717, 1.165) is 17.8 Å². The largest absolute Gasteiger partial charge is 0.352 e. The summed E-state index contributed by atoms with van der Waals surface area (Å²) >= 11 is 6.21. The molecular formula is C22H19ClN4O. The molecule has 6 heteroatoms. The summed E-state index contributed by atoms with van der Waals surface area (Å²) in [6.45, 7) is 1.25. The van der Waals surface area contributed by atoms with E-state index in [1.54, 1.807) is 24.5 Å². The minimum absolute atomic E-state index is 0.165. The number of nitrogens with one attached hydrogen (secondary N) is 1. The standard InChI is InChI=1S/C22H19ClN4O/c23-19-9-8-18(21-17(19)7-4-11-25-21)22(28)26-12-10-20-24-13-14-27(20)15-16-5-2-1-3-6-16/h1-9,11,13-14H,10,12,15H2,(H,26,28). The lowest BCUT2D eigenvalue weighted by molar-refractivity contribution is 0.0955. The van der Waals surface area contributed by atoms with Crippen molar-refractivity contribution in [2.45, 2.75) is 13.0 Å². The van der Waals surface area contributed by atoms with Gasteiger partial charge in [0.2, 0.25) is 0 Å². The van der Waals surface area contributed by atoms with Crippen LogP contribution in [0.3, 0.4) is 0 Å². The minimum Gasteiger partial charge on any atom is -0.352 e. The molecule has 0 aliphatic carbocycles. The third kappa shape index (κ3) is 3.89. The number of hydrogen-bond acceptors (Lipinski definition) is 3. The van der Waals surface area contributed by atoms with Crippen molar-refractivity contribution in [1.29, 1.82) is 0 Å². The van der Waals surface area contributed by atoms with Gasteiger partial charge in [-0.25, -0.2) is 4.98 Å². The first-order valence-electron chi connectivity index (χ1n) is 9.08. The zero-order valence-electron chi connectivity index (χ0n) is 15.2. The molecule has 4 aromatic rings. The monoisotopic (exact) mass is 390 g/mol. The van der Waals surface area contributed by atoms with Gasteiger partial charge >= 0.3 is 0 Å². The van der Waals surface area contributed by atoms with Crippen LogP contribution in [0.5, 0.6) is 0 Å². The minimum atomic E-state index is -0.165. The van der Waals surface area contributed by atoms with Gasteiger partial charge in [-0.05, 0) is 29.8 Å². The first-order chi connectivity index (χ1) is 13.7. The van der Waals surface area contributed by atoms with Crippen molar-refractivity contribution < 1.29 is 4.79 Å². The maximum atomic E-state index is 12.7. The highest BCUT2D eigenvalue weighted by molar-refractivity contribution is 6.36. The van der Waals surface area contributed by atoms with Gasteiger partial charge in [0.15, 0.2) is 0 Å². The second-order valence-electron chi connectivity index (χ2n) is 6.46. The number of halogens is 1. The van der Waals surface area contributed by atoms with E-state index in [9.17, 15) is 4.79 Å². The zero-order chi connectivity index (χ0) is 19.3. The summed E-state index contributed by atoms with van der Waals surface area (Å²) in [7, 11) is 0. The average Bonchev–Trinajstić information content (AvgIpc) is 3.16. The average molecular weight is 391 g/mol. The Hall–Kier alpha value is -3.18. The Morgan fingerprint density at radius 1 is 1.00 bits per heavy atom. The maximum Gasteiger partial charge on any atom is 0.253 e. The van der Waals surface area contributed by atoms with Crippen LogP contribution >= 0.6 is 11.6 Å². The lowest BCUT2D eigenvalue weighted by Crippen LogP contribution is -2.27. The third-order valence-corrected chi connectivity index (χ3v) is 4.92. The van der Waals surface area contributed by atoms with Gasteiger partial charge in [-0.15, -0.1) is 0 Å². The molecule has 0 radical (unpaired) electrons. The zero-order valence-corrected chi connectivity index (χ0v) is 15.9. The van der Waals surface area contributed by atoms with Crippen molar-refractivity contribution in [2.75, 3.05) is 6.54 Å². The normalized spacial score (nSPS) is 10.9. The number of benzene rings is 2. The van der Waals surface area contributed by atoms with Crippen molar-refractivity contribution in [1.82, 2.24) is 19.9 Å². The molecule has 0 saturated carbocycles. The molecular weight excluding hydrogens is 372 g/mol. The van der Waals surface area contributed by atoms with Crippen molar-refractivity contribution in [3.63, 3.8) is 0 Å². The van der Waals surface area contributed by atoms with Gasteiger partial charge in [0.25, 0.3) is 5.91 Å². The molecule has 140 valence electrons. The molecule has 2 heterocycles. The number of hydrogen-bond donors (Lipinski definition) is 1. The van der Waals surface area contributed by atoms with Crippen LogP contribution in [0.15, 0.2) is 73.2 Å². The van der Waals surface area contributed by atoms with Gasteiger partial charge in [0.05, 0.1) is 16.1 Å². The van der Waals surface area contributed by atoms with Crippen molar-refractivity contribution in [2.24, 2.45) is 0 Å². The van der Waals surface area contributed by atoms with Gasteiger partial charge in [-0.1, -0.05) is 41.9 Å². The number of nitrogens with zero attached hydrogens (tertiary/aromatic N) is 3. The van der Waals surface area contributed by atoms with Crippen LogP contribution in [-0.4, -0.2) is 27.0 Å². The fourth-order valence-corrected chi connectivity index (χ4v) is 3.41. The van der Waals surface area contributed by atoms with Crippen LogP contribution in [-0.2, 0) is 13.0 Å². The van der Waals surface area contributed by atoms with Gasteiger partial charge < -0.3 is 9.88 Å². The molecule has 1 N–H and O–H groups in total. The van der Waals surface area contributed by atoms with Crippen LogP contribution in [0.25, 0.3) is 10.9 Å². The predicted octanol–water partition coefficient (Wildman–Crippen LogP) is 4.11. The quantitative estimate of drug-likeness (QED) is 0.539. The number of imidazole rings is 1. The Kier molecular flexibility index (Phi) is 5.35. The van der Waals surface area contributed by atoms with Gasteiger partial charge in [0, 0.05) is 43.5 Å². The van der Waals surface area contributed by atoms with Crippen LogP contribution in [0.4, 0.5) is 0 Å². The Labute approximate surface area is 168 Å². The van der Waals surface area contributed by atoms with Crippen molar-refractivity contribution in [3.8, 4) is 0 Å². The molecule has 0 spiro atoms. The summed E-state index contributed by atoms with van der Waals surface area (Å²) in [4.78, 5) is 21.4. The van der Waals surface area contributed by atoms with Crippen LogP contribution in [0, 0.1) is 0 Å². The van der Waals surface area contributed by atoms with Gasteiger partial charge in [-0.3, -0.25) is 9.78 Å². The second-order valence-corrected chi connectivity index (χ2v) is 6.86. The molecule has 0 unspecified atom stereocenters. The molecule has 1 amide bonds. The number of fused-ring (bicyclic) bond motifs is 1. The van der Waals surface area contributed by atoms with E-state index < -0.39 is 0 Å². The Bertz CT molecular complexity index is 1110. The number of carbonyl (C=O) groups excluding carboxylic acids is 1. The number of rotatable bonds is 6. The predicted molar refractivity (Wildman–Crippen MR) is 111 cm³/mol.